The Morgan fingerprint density at radius 2 is 0.566 bits per heavy atom. The zero-order valence-corrected chi connectivity index (χ0v) is 56.7. The minimum atomic E-state index is -0.662. The van der Waals surface area contributed by atoms with Gasteiger partial charge in [-0.1, -0.05) is 392 Å². The Bertz CT molecular complexity index is 1260. The summed E-state index contributed by atoms with van der Waals surface area (Å²) in [6.07, 6.45) is 91.5. The summed E-state index contributed by atoms with van der Waals surface area (Å²) >= 11 is 0. The third kappa shape index (κ3) is 69.6. The maximum atomic E-state index is 12.6. The van der Waals surface area contributed by atoms with E-state index in [4.69, 9.17) is 4.74 Å². The van der Waals surface area contributed by atoms with Gasteiger partial charge in [-0.05, 0) is 51.4 Å². The largest absolute Gasteiger partial charge is 0.466 e. The molecule has 0 aromatic carbocycles. The van der Waals surface area contributed by atoms with Crippen LogP contribution < -0.4 is 5.32 Å². The highest BCUT2D eigenvalue weighted by Crippen LogP contribution is 2.20. The molecule has 0 bridgehead atoms. The average molecular weight is 1170 g/mol. The Morgan fingerprint density at radius 1 is 0.325 bits per heavy atom. The number of aliphatic hydroxyl groups is 2. The number of hydrogen-bond donors (Lipinski definition) is 3. The van der Waals surface area contributed by atoms with E-state index in [1.54, 1.807) is 0 Å². The summed E-state index contributed by atoms with van der Waals surface area (Å²) in [5.74, 6) is -0.0126. The first-order valence-corrected chi connectivity index (χ1v) is 38.4. The van der Waals surface area contributed by atoms with Gasteiger partial charge in [-0.2, -0.15) is 0 Å². The molecule has 0 aliphatic carbocycles. The summed E-state index contributed by atoms with van der Waals surface area (Å²) in [5, 5.41) is 23.5. The van der Waals surface area contributed by atoms with Crippen molar-refractivity contribution in [3.05, 3.63) is 12.2 Å². The molecule has 0 aromatic rings. The van der Waals surface area contributed by atoms with Gasteiger partial charge in [-0.3, -0.25) is 9.59 Å². The number of carbonyl (C=O) groups excluding carboxylic acids is 2. The standard InChI is InChI=1S/C77H151NO5/c1-3-5-7-9-11-13-15-17-18-19-20-21-34-37-40-43-46-49-53-57-61-65-69-75(80)74(73-79)78-76(81)70-66-62-58-54-50-47-44-41-38-35-32-30-28-26-24-22-23-25-27-29-31-33-36-39-42-45-48-52-56-60-64-68-72-83-77(82)71-67-63-59-55-51-16-14-12-10-8-6-4-2/h12,14,74-75,79-80H,3-11,13,15-73H2,1-2H3,(H,78,81)/b14-12-. The van der Waals surface area contributed by atoms with Crippen molar-refractivity contribution in [1.82, 2.24) is 5.32 Å². The molecule has 0 aliphatic heterocycles. The summed E-state index contributed by atoms with van der Waals surface area (Å²) < 4.78 is 5.48. The number of amides is 1. The lowest BCUT2D eigenvalue weighted by Crippen LogP contribution is -2.45. The van der Waals surface area contributed by atoms with Gasteiger partial charge in [0.2, 0.25) is 5.91 Å². The highest BCUT2D eigenvalue weighted by Gasteiger charge is 2.20. The molecule has 0 saturated carbocycles. The molecule has 494 valence electrons. The second-order valence-electron chi connectivity index (χ2n) is 26.7. The van der Waals surface area contributed by atoms with Crippen LogP contribution in [0.2, 0.25) is 0 Å². The quantitative estimate of drug-likeness (QED) is 0.0320. The number of hydrogen-bond acceptors (Lipinski definition) is 5. The Hall–Kier alpha value is -1.40. The molecule has 0 saturated heterocycles. The molecule has 1 amide bonds. The van der Waals surface area contributed by atoms with E-state index >= 15 is 0 Å². The molecule has 6 nitrogen and oxygen atoms in total. The first-order chi connectivity index (χ1) is 41.0. The van der Waals surface area contributed by atoms with Crippen molar-refractivity contribution in [3.63, 3.8) is 0 Å². The van der Waals surface area contributed by atoms with Crippen LogP contribution in [-0.2, 0) is 14.3 Å². The fourth-order valence-electron chi connectivity index (χ4n) is 12.5. The van der Waals surface area contributed by atoms with Crippen LogP contribution >= 0.6 is 0 Å². The smallest absolute Gasteiger partial charge is 0.305 e. The number of esters is 1. The molecule has 2 atom stereocenters. The first-order valence-electron chi connectivity index (χ1n) is 38.4. The maximum absolute atomic E-state index is 12.6. The van der Waals surface area contributed by atoms with Gasteiger partial charge in [-0.15, -0.1) is 0 Å². The molecule has 0 radical (unpaired) electrons. The van der Waals surface area contributed by atoms with Gasteiger partial charge >= 0.3 is 5.97 Å². The normalized spacial score (nSPS) is 12.5. The first kappa shape index (κ1) is 81.6. The van der Waals surface area contributed by atoms with Gasteiger partial charge in [0.25, 0.3) is 0 Å². The van der Waals surface area contributed by atoms with Crippen molar-refractivity contribution >= 4 is 11.9 Å². The Kier molecular flexibility index (Phi) is 71.8. The Balaban J connectivity index is 3.33. The number of ether oxygens (including phenoxy) is 1. The number of allylic oxidation sites excluding steroid dienone is 2. The van der Waals surface area contributed by atoms with E-state index in [-0.39, 0.29) is 18.5 Å². The van der Waals surface area contributed by atoms with Gasteiger partial charge < -0.3 is 20.3 Å². The Morgan fingerprint density at radius 3 is 0.880 bits per heavy atom. The van der Waals surface area contributed by atoms with Crippen molar-refractivity contribution in [3.8, 4) is 0 Å². The number of aliphatic hydroxyl groups excluding tert-OH is 2. The van der Waals surface area contributed by atoms with Crippen LogP contribution in [0.1, 0.15) is 444 Å². The molecule has 2 unspecified atom stereocenters. The molecule has 0 aromatic heterocycles. The molecule has 0 spiro atoms. The highest BCUT2D eigenvalue weighted by molar-refractivity contribution is 5.76. The maximum Gasteiger partial charge on any atom is 0.305 e. The van der Waals surface area contributed by atoms with E-state index in [0.717, 1.165) is 44.9 Å². The summed E-state index contributed by atoms with van der Waals surface area (Å²) in [6, 6.07) is -0.538. The average Bonchev–Trinajstić information content (AvgIpc) is 3.49. The van der Waals surface area contributed by atoms with E-state index in [2.05, 4.69) is 31.3 Å². The third-order valence-corrected chi connectivity index (χ3v) is 18.3. The number of carbonyl (C=O) groups is 2. The molecular weight excluding hydrogens is 1020 g/mol. The summed E-state index contributed by atoms with van der Waals surface area (Å²) in [5.41, 5.74) is 0. The number of rotatable bonds is 73. The molecule has 0 fully saturated rings. The van der Waals surface area contributed by atoms with Crippen molar-refractivity contribution in [2.75, 3.05) is 13.2 Å². The van der Waals surface area contributed by atoms with Crippen LogP contribution in [0.5, 0.6) is 0 Å². The van der Waals surface area contributed by atoms with E-state index in [1.807, 2.05) is 0 Å². The summed E-state index contributed by atoms with van der Waals surface area (Å²) in [6.45, 7) is 4.98. The van der Waals surface area contributed by atoms with Crippen LogP contribution in [-0.4, -0.2) is 47.4 Å². The monoisotopic (exact) mass is 1170 g/mol. The predicted molar refractivity (Wildman–Crippen MR) is 366 cm³/mol. The van der Waals surface area contributed by atoms with Crippen molar-refractivity contribution < 1.29 is 24.5 Å². The molecule has 83 heavy (non-hydrogen) atoms. The summed E-state index contributed by atoms with van der Waals surface area (Å²) in [4.78, 5) is 24.6. The molecule has 0 rings (SSSR count). The van der Waals surface area contributed by atoms with E-state index < -0.39 is 12.1 Å². The van der Waals surface area contributed by atoms with Crippen LogP contribution in [0.15, 0.2) is 12.2 Å². The van der Waals surface area contributed by atoms with Crippen LogP contribution in [0, 0.1) is 0 Å². The minimum Gasteiger partial charge on any atom is -0.466 e. The molecule has 6 heteroatoms. The van der Waals surface area contributed by atoms with Gasteiger partial charge in [0.1, 0.15) is 0 Å². The van der Waals surface area contributed by atoms with Crippen LogP contribution in [0.4, 0.5) is 0 Å². The van der Waals surface area contributed by atoms with Gasteiger partial charge in [-0.25, -0.2) is 0 Å². The van der Waals surface area contributed by atoms with Gasteiger partial charge in [0, 0.05) is 12.8 Å². The molecular formula is C77H151NO5. The number of unbranched alkanes of at least 4 members (excludes halogenated alkanes) is 60. The zero-order chi connectivity index (χ0) is 59.9. The topological polar surface area (TPSA) is 95.9 Å². The van der Waals surface area contributed by atoms with Crippen molar-refractivity contribution in [2.45, 2.75) is 456 Å². The SMILES string of the molecule is CCCCC/C=C\CCCCCCCC(=O)OCCCCCCCCCCCCCCCCCCCCCCCCCCCCCCCCCCC(=O)NC(CO)C(O)CCCCCCCCCCCCCCCCCCCCCCCC. The minimum absolute atomic E-state index is 0.0121. The molecule has 0 heterocycles. The fraction of sp³-hybridized carbons (Fsp3) is 0.948. The number of nitrogens with one attached hydrogen (secondary N) is 1. The summed E-state index contributed by atoms with van der Waals surface area (Å²) in [7, 11) is 0. The lowest BCUT2D eigenvalue weighted by molar-refractivity contribution is -0.143. The van der Waals surface area contributed by atoms with Crippen molar-refractivity contribution in [2.24, 2.45) is 0 Å². The second kappa shape index (κ2) is 73.1. The predicted octanol–water partition coefficient (Wildman–Crippen LogP) is 25.1. The Labute approximate surface area is 520 Å². The van der Waals surface area contributed by atoms with Crippen molar-refractivity contribution in [1.29, 1.82) is 0 Å². The fourth-order valence-corrected chi connectivity index (χ4v) is 12.5. The molecule has 3 N–H and O–H groups in total. The lowest BCUT2D eigenvalue weighted by Gasteiger charge is -2.22. The van der Waals surface area contributed by atoms with E-state index in [9.17, 15) is 19.8 Å². The second-order valence-corrected chi connectivity index (χ2v) is 26.7. The van der Waals surface area contributed by atoms with E-state index in [1.165, 1.54) is 366 Å². The third-order valence-electron chi connectivity index (χ3n) is 18.3. The zero-order valence-electron chi connectivity index (χ0n) is 56.7. The highest BCUT2D eigenvalue weighted by atomic mass is 16.5. The van der Waals surface area contributed by atoms with Crippen LogP contribution in [0.3, 0.4) is 0 Å². The van der Waals surface area contributed by atoms with E-state index in [0.29, 0.717) is 25.9 Å². The van der Waals surface area contributed by atoms with Gasteiger partial charge in [0.15, 0.2) is 0 Å². The molecule has 0 aliphatic rings. The van der Waals surface area contributed by atoms with Crippen LogP contribution in [0.25, 0.3) is 0 Å². The lowest BCUT2D eigenvalue weighted by atomic mass is 10.0. The van der Waals surface area contributed by atoms with Gasteiger partial charge in [0.05, 0.1) is 25.4 Å².